The maximum atomic E-state index is 11.6. The molecule has 0 saturated carbocycles. The second-order valence-electron chi connectivity index (χ2n) is 5.25. The molecule has 1 aliphatic heterocycles. The number of hydrogen-bond acceptors (Lipinski definition) is 3. The van der Waals surface area contributed by atoms with Gasteiger partial charge in [-0.1, -0.05) is 6.92 Å². The van der Waals surface area contributed by atoms with Crippen molar-refractivity contribution < 1.29 is 19.4 Å². The zero-order valence-corrected chi connectivity index (χ0v) is 11.6. The van der Waals surface area contributed by atoms with Crippen LogP contribution in [0, 0.1) is 11.8 Å². The molecule has 6 heteroatoms. The van der Waals surface area contributed by atoms with Gasteiger partial charge in [-0.2, -0.15) is 0 Å². The van der Waals surface area contributed by atoms with E-state index >= 15 is 0 Å². The van der Waals surface area contributed by atoms with Crippen LogP contribution < -0.4 is 10.6 Å². The van der Waals surface area contributed by atoms with E-state index < -0.39 is 5.97 Å². The summed E-state index contributed by atoms with van der Waals surface area (Å²) in [7, 11) is 0. The van der Waals surface area contributed by atoms with Crippen LogP contribution in [0.4, 0.5) is 4.79 Å². The first-order valence-electron chi connectivity index (χ1n) is 6.84. The molecule has 1 aliphatic rings. The molecule has 19 heavy (non-hydrogen) atoms. The molecule has 110 valence electrons. The average molecular weight is 272 g/mol. The van der Waals surface area contributed by atoms with Gasteiger partial charge in [0.05, 0.1) is 6.10 Å². The predicted octanol–water partition coefficient (Wildman–Crippen LogP) is 1.21. The highest BCUT2D eigenvalue weighted by molar-refractivity contribution is 5.73. The highest BCUT2D eigenvalue weighted by atomic mass is 16.5. The van der Waals surface area contributed by atoms with Gasteiger partial charge in [0, 0.05) is 32.0 Å². The average Bonchev–Trinajstić information content (AvgIpc) is 2.77. The Balaban J connectivity index is 2.08. The number of urea groups is 1. The zero-order valence-electron chi connectivity index (χ0n) is 11.6. The lowest BCUT2D eigenvalue weighted by Gasteiger charge is -2.16. The van der Waals surface area contributed by atoms with E-state index in [1.165, 1.54) is 0 Å². The molecule has 1 heterocycles. The Kier molecular flexibility index (Phi) is 6.62. The number of carbonyl (C=O) groups excluding carboxylic acids is 1. The summed E-state index contributed by atoms with van der Waals surface area (Å²) in [5.74, 6) is -0.253. The maximum absolute atomic E-state index is 11.6. The Hall–Kier alpha value is -1.30. The van der Waals surface area contributed by atoms with Crippen molar-refractivity contribution >= 4 is 12.0 Å². The fraction of sp³-hybridized carbons (Fsp3) is 0.846. The van der Waals surface area contributed by atoms with Crippen molar-refractivity contribution in [3.8, 4) is 0 Å². The van der Waals surface area contributed by atoms with Gasteiger partial charge in [-0.3, -0.25) is 4.79 Å². The normalized spacial score (nSPS) is 23.9. The number of amides is 2. The van der Waals surface area contributed by atoms with Crippen LogP contribution in [0.15, 0.2) is 0 Å². The Labute approximate surface area is 113 Å². The topological polar surface area (TPSA) is 87.7 Å². The minimum absolute atomic E-state index is 0.140. The molecule has 3 atom stereocenters. The molecular formula is C13H24N2O4. The molecule has 0 aromatic heterocycles. The van der Waals surface area contributed by atoms with Crippen molar-refractivity contribution in [1.29, 1.82) is 0 Å². The standard InChI is InChI=1S/C13H24N2O4/c1-9(3-4-12(16)17)7-14-13(18)15-8-11-5-6-19-10(11)2/h9-11H,3-8H2,1-2H3,(H,16,17)(H2,14,15,18). The molecule has 0 aromatic carbocycles. The van der Waals surface area contributed by atoms with E-state index in [1.54, 1.807) is 0 Å². The summed E-state index contributed by atoms with van der Waals surface area (Å²) < 4.78 is 5.42. The molecule has 6 nitrogen and oxygen atoms in total. The van der Waals surface area contributed by atoms with Gasteiger partial charge in [-0.05, 0) is 25.7 Å². The second-order valence-corrected chi connectivity index (χ2v) is 5.25. The molecule has 1 saturated heterocycles. The lowest BCUT2D eigenvalue weighted by Crippen LogP contribution is -2.41. The number of carbonyl (C=O) groups is 2. The number of carboxylic acids is 1. The zero-order chi connectivity index (χ0) is 14.3. The molecule has 0 bridgehead atoms. The van der Waals surface area contributed by atoms with Gasteiger partial charge in [-0.25, -0.2) is 4.79 Å². The molecule has 2 amide bonds. The van der Waals surface area contributed by atoms with Crippen molar-refractivity contribution in [3.05, 3.63) is 0 Å². The Morgan fingerprint density at radius 1 is 1.42 bits per heavy atom. The largest absolute Gasteiger partial charge is 0.481 e. The van der Waals surface area contributed by atoms with Gasteiger partial charge >= 0.3 is 12.0 Å². The van der Waals surface area contributed by atoms with Crippen LogP contribution in [0.5, 0.6) is 0 Å². The summed E-state index contributed by atoms with van der Waals surface area (Å²) in [4.78, 5) is 22.0. The third kappa shape index (κ3) is 6.42. The smallest absolute Gasteiger partial charge is 0.314 e. The fourth-order valence-corrected chi connectivity index (χ4v) is 2.07. The molecule has 3 N–H and O–H groups in total. The van der Waals surface area contributed by atoms with Crippen LogP contribution >= 0.6 is 0 Å². The van der Waals surface area contributed by atoms with E-state index in [-0.39, 0.29) is 24.5 Å². The number of aliphatic carboxylic acids is 1. The summed E-state index contributed by atoms with van der Waals surface area (Å²) in [6.45, 7) is 5.83. The summed E-state index contributed by atoms with van der Waals surface area (Å²) in [5.41, 5.74) is 0. The maximum Gasteiger partial charge on any atom is 0.314 e. The molecular weight excluding hydrogens is 248 g/mol. The number of nitrogens with one attached hydrogen (secondary N) is 2. The highest BCUT2D eigenvalue weighted by Gasteiger charge is 2.24. The Morgan fingerprint density at radius 3 is 2.74 bits per heavy atom. The summed E-state index contributed by atoms with van der Waals surface area (Å²) in [5, 5.41) is 14.1. The molecule has 0 aliphatic carbocycles. The number of hydrogen-bond donors (Lipinski definition) is 3. The van der Waals surface area contributed by atoms with Gasteiger partial charge in [0.1, 0.15) is 0 Å². The SMILES string of the molecule is CC(CCC(=O)O)CNC(=O)NCC1CCOC1C. The van der Waals surface area contributed by atoms with E-state index in [4.69, 9.17) is 9.84 Å². The molecule has 0 spiro atoms. The monoisotopic (exact) mass is 272 g/mol. The van der Waals surface area contributed by atoms with E-state index in [0.29, 0.717) is 25.4 Å². The minimum Gasteiger partial charge on any atom is -0.481 e. The van der Waals surface area contributed by atoms with Crippen molar-refractivity contribution in [3.63, 3.8) is 0 Å². The fourth-order valence-electron chi connectivity index (χ4n) is 2.07. The van der Waals surface area contributed by atoms with Crippen LogP contribution in [0.3, 0.4) is 0 Å². The number of ether oxygens (including phenoxy) is 1. The first-order chi connectivity index (χ1) is 8.99. The van der Waals surface area contributed by atoms with Gasteiger partial charge in [-0.15, -0.1) is 0 Å². The van der Waals surface area contributed by atoms with Crippen LogP contribution in [0.1, 0.15) is 33.1 Å². The number of carboxylic acid groups (broad SMARTS) is 1. The first kappa shape index (κ1) is 15.8. The molecule has 0 aromatic rings. The van der Waals surface area contributed by atoms with Gasteiger partial charge in [0.15, 0.2) is 0 Å². The summed E-state index contributed by atoms with van der Waals surface area (Å²) in [6, 6.07) is -0.193. The van der Waals surface area contributed by atoms with Gasteiger partial charge in [0.2, 0.25) is 0 Å². The van der Waals surface area contributed by atoms with Crippen molar-refractivity contribution in [2.45, 2.75) is 39.2 Å². The third-order valence-corrected chi connectivity index (χ3v) is 3.52. The van der Waals surface area contributed by atoms with E-state index in [0.717, 1.165) is 13.0 Å². The van der Waals surface area contributed by atoms with Crippen molar-refractivity contribution in [2.75, 3.05) is 19.7 Å². The number of rotatable bonds is 7. The highest BCUT2D eigenvalue weighted by Crippen LogP contribution is 2.19. The third-order valence-electron chi connectivity index (χ3n) is 3.52. The van der Waals surface area contributed by atoms with Crippen LogP contribution in [0.25, 0.3) is 0 Å². The lowest BCUT2D eigenvalue weighted by molar-refractivity contribution is -0.137. The molecule has 1 fully saturated rings. The van der Waals surface area contributed by atoms with Crippen molar-refractivity contribution in [1.82, 2.24) is 10.6 Å². The first-order valence-corrected chi connectivity index (χ1v) is 6.84. The molecule has 0 radical (unpaired) electrons. The van der Waals surface area contributed by atoms with Crippen molar-refractivity contribution in [2.24, 2.45) is 11.8 Å². The van der Waals surface area contributed by atoms with Crippen LogP contribution in [-0.4, -0.2) is 42.9 Å². The lowest BCUT2D eigenvalue weighted by atomic mass is 10.0. The minimum atomic E-state index is -0.800. The Bertz CT molecular complexity index is 309. The van der Waals surface area contributed by atoms with Gasteiger partial charge < -0.3 is 20.5 Å². The summed E-state index contributed by atoms with van der Waals surface area (Å²) in [6.07, 6.45) is 1.90. The second kappa shape index (κ2) is 7.99. The van der Waals surface area contributed by atoms with Crippen LogP contribution in [0.2, 0.25) is 0 Å². The molecule has 1 rings (SSSR count). The summed E-state index contributed by atoms with van der Waals surface area (Å²) >= 11 is 0. The van der Waals surface area contributed by atoms with E-state index in [1.807, 2.05) is 13.8 Å². The Morgan fingerprint density at radius 2 is 2.16 bits per heavy atom. The predicted molar refractivity (Wildman–Crippen MR) is 71.0 cm³/mol. The van der Waals surface area contributed by atoms with Gasteiger partial charge in [0.25, 0.3) is 0 Å². The van der Waals surface area contributed by atoms with Crippen LogP contribution in [-0.2, 0) is 9.53 Å². The molecule has 3 unspecified atom stereocenters. The quantitative estimate of drug-likeness (QED) is 0.650. The van der Waals surface area contributed by atoms with E-state index in [2.05, 4.69) is 10.6 Å². The van der Waals surface area contributed by atoms with E-state index in [9.17, 15) is 9.59 Å².